The van der Waals surface area contributed by atoms with Gasteiger partial charge in [-0.25, -0.2) is 0 Å². The van der Waals surface area contributed by atoms with Gasteiger partial charge in [0.25, 0.3) is 5.91 Å². The van der Waals surface area contributed by atoms with Gasteiger partial charge in [-0.2, -0.15) is 0 Å². The molecule has 0 radical (unpaired) electrons. The molecule has 2 heterocycles. The van der Waals surface area contributed by atoms with E-state index in [2.05, 4.69) is 77.2 Å². The van der Waals surface area contributed by atoms with Crippen molar-refractivity contribution in [3.8, 4) is 11.1 Å². The summed E-state index contributed by atoms with van der Waals surface area (Å²) in [6.45, 7) is 8.36. The van der Waals surface area contributed by atoms with E-state index in [1.54, 1.807) is 24.5 Å². The third-order valence-corrected chi connectivity index (χ3v) is 9.54. The summed E-state index contributed by atoms with van der Waals surface area (Å²) < 4.78 is 13.6. The highest BCUT2D eigenvalue weighted by atomic mass is 16.7. The SMILES string of the molecule is C=CCN(C[C@@H]1O[C@H](c2cccc(-c3cccc(CNC(=O)c4cccnc4)c3)c2)O[C@H](c2ccc(CO)cc2)[C@@H]1C)C1CCCC1. The minimum atomic E-state index is -0.546. The van der Waals surface area contributed by atoms with Crippen molar-refractivity contribution in [2.75, 3.05) is 13.1 Å². The van der Waals surface area contributed by atoms with Crippen molar-refractivity contribution in [2.24, 2.45) is 5.92 Å². The van der Waals surface area contributed by atoms with E-state index in [4.69, 9.17) is 9.47 Å². The molecule has 1 amide bonds. The molecule has 0 bridgehead atoms. The summed E-state index contributed by atoms with van der Waals surface area (Å²) in [5.74, 6) is -0.0392. The van der Waals surface area contributed by atoms with Gasteiger partial charge in [-0.1, -0.05) is 86.5 Å². The molecule has 4 aromatic rings. The lowest BCUT2D eigenvalue weighted by atomic mass is 9.89. The molecule has 0 spiro atoms. The molecule has 7 nitrogen and oxygen atoms in total. The van der Waals surface area contributed by atoms with Crippen LogP contribution >= 0.6 is 0 Å². The van der Waals surface area contributed by atoms with E-state index in [1.807, 2.05) is 30.3 Å². The first kappa shape index (κ1) is 32.8. The molecule has 47 heavy (non-hydrogen) atoms. The van der Waals surface area contributed by atoms with Crippen molar-refractivity contribution in [3.63, 3.8) is 0 Å². The Morgan fingerprint density at radius 2 is 1.72 bits per heavy atom. The van der Waals surface area contributed by atoms with Crippen LogP contribution in [-0.4, -0.2) is 46.1 Å². The smallest absolute Gasteiger partial charge is 0.253 e. The molecule has 1 saturated carbocycles. The lowest BCUT2D eigenvalue weighted by molar-refractivity contribution is -0.276. The summed E-state index contributed by atoms with van der Waals surface area (Å²) in [7, 11) is 0. The number of aliphatic hydroxyl groups excluding tert-OH is 1. The minimum Gasteiger partial charge on any atom is -0.392 e. The van der Waals surface area contributed by atoms with Crippen LogP contribution in [0.5, 0.6) is 0 Å². The average molecular weight is 632 g/mol. The van der Waals surface area contributed by atoms with Crippen molar-refractivity contribution in [1.29, 1.82) is 0 Å². The molecule has 1 aliphatic carbocycles. The van der Waals surface area contributed by atoms with Crippen LogP contribution < -0.4 is 5.32 Å². The molecule has 4 atom stereocenters. The third kappa shape index (κ3) is 8.06. The molecule has 2 fully saturated rings. The van der Waals surface area contributed by atoms with Gasteiger partial charge >= 0.3 is 0 Å². The molecular formula is C40H45N3O4. The topological polar surface area (TPSA) is 83.9 Å². The van der Waals surface area contributed by atoms with E-state index < -0.39 is 6.29 Å². The molecule has 1 aromatic heterocycles. The average Bonchev–Trinajstić information content (AvgIpc) is 3.67. The van der Waals surface area contributed by atoms with Gasteiger partial charge < -0.3 is 19.9 Å². The maximum Gasteiger partial charge on any atom is 0.253 e. The van der Waals surface area contributed by atoms with E-state index in [0.29, 0.717) is 18.2 Å². The number of pyridine rings is 1. The number of aromatic nitrogens is 1. The highest BCUT2D eigenvalue weighted by Gasteiger charge is 2.40. The number of amides is 1. The fourth-order valence-corrected chi connectivity index (χ4v) is 6.87. The molecule has 3 aromatic carbocycles. The molecule has 244 valence electrons. The van der Waals surface area contributed by atoms with Crippen molar-refractivity contribution < 1.29 is 19.4 Å². The van der Waals surface area contributed by atoms with Gasteiger partial charge in [-0.15, -0.1) is 6.58 Å². The predicted molar refractivity (Wildman–Crippen MR) is 184 cm³/mol. The van der Waals surface area contributed by atoms with E-state index in [-0.39, 0.29) is 30.6 Å². The van der Waals surface area contributed by atoms with Crippen LogP contribution in [0.4, 0.5) is 0 Å². The molecule has 0 unspecified atom stereocenters. The number of aliphatic hydroxyl groups is 1. The van der Waals surface area contributed by atoms with E-state index in [0.717, 1.165) is 46.5 Å². The number of nitrogens with one attached hydrogen (secondary N) is 1. The Labute approximate surface area is 278 Å². The largest absolute Gasteiger partial charge is 0.392 e. The zero-order chi connectivity index (χ0) is 32.6. The monoisotopic (exact) mass is 631 g/mol. The lowest BCUT2D eigenvalue weighted by Crippen LogP contribution is -2.47. The highest BCUT2D eigenvalue weighted by Crippen LogP contribution is 2.43. The summed E-state index contributed by atoms with van der Waals surface area (Å²) in [5.41, 5.74) is 6.57. The van der Waals surface area contributed by atoms with Gasteiger partial charge in [-0.3, -0.25) is 14.7 Å². The summed E-state index contributed by atoms with van der Waals surface area (Å²) in [6.07, 6.45) is 9.45. The van der Waals surface area contributed by atoms with Crippen LogP contribution in [0, 0.1) is 5.92 Å². The number of ether oxygens (including phenoxy) is 2. The normalized spacial score (nSPS) is 21.5. The first-order valence-electron chi connectivity index (χ1n) is 16.8. The highest BCUT2D eigenvalue weighted by molar-refractivity contribution is 5.93. The van der Waals surface area contributed by atoms with Gasteiger partial charge in [0, 0.05) is 49.6 Å². The second kappa shape index (κ2) is 15.6. The maximum absolute atomic E-state index is 12.6. The fourth-order valence-electron chi connectivity index (χ4n) is 6.87. The molecule has 1 saturated heterocycles. The molecule has 7 heteroatoms. The van der Waals surface area contributed by atoms with Crippen molar-refractivity contribution in [1.82, 2.24) is 15.2 Å². The predicted octanol–water partition coefficient (Wildman–Crippen LogP) is 7.39. The number of benzene rings is 3. The summed E-state index contributed by atoms with van der Waals surface area (Å²) >= 11 is 0. The molecule has 2 aliphatic rings. The lowest BCUT2D eigenvalue weighted by Gasteiger charge is -2.43. The Kier molecular flexibility index (Phi) is 10.9. The van der Waals surface area contributed by atoms with Gasteiger partial charge in [-0.05, 0) is 64.9 Å². The maximum atomic E-state index is 12.6. The summed E-state index contributed by atoms with van der Waals surface area (Å²) in [4.78, 5) is 19.2. The Hall–Kier alpha value is -4.14. The summed E-state index contributed by atoms with van der Waals surface area (Å²) in [6, 6.07) is 28.7. The van der Waals surface area contributed by atoms with E-state index in [9.17, 15) is 9.90 Å². The van der Waals surface area contributed by atoms with E-state index in [1.165, 1.54) is 25.7 Å². The van der Waals surface area contributed by atoms with Crippen molar-refractivity contribution >= 4 is 5.91 Å². The zero-order valence-electron chi connectivity index (χ0n) is 27.1. The van der Waals surface area contributed by atoms with Crippen LogP contribution in [0.1, 0.15) is 77.6 Å². The number of carbonyl (C=O) groups excluding carboxylic acids is 1. The van der Waals surface area contributed by atoms with Crippen LogP contribution in [0.3, 0.4) is 0 Å². The summed E-state index contributed by atoms with van der Waals surface area (Å²) in [5, 5.41) is 12.6. The van der Waals surface area contributed by atoms with Crippen LogP contribution in [0.15, 0.2) is 110 Å². The zero-order valence-corrected chi connectivity index (χ0v) is 27.1. The molecule has 2 N–H and O–H groups in total. The van der Waals surface area contributed by atoms with Crippen molar-refractivity contribution in [3.05, 3.63) is 138 Å². The Morgan fingerprint density at radius 3 is 2.45 bits per heavy atom. The number of hydrogen-bond acceptors (Lipinski definition) is 6. The second-order valence-electron chi connectivity index (χ2n) is 12.8. The van der Waals surface area contributed by atoms with Crippen molar-refractivity contribution in [2.45, 2.75) is 70.3 Å². The standard InChI is InChI=1S/C40H45N3O4/c1-3-21-43(36-14-4-5-15-36)26-37-28(2)38(31-18-16-29(27-44)17-19-31)47-40(46-37)34-12-7-11-33(23-34)32-10-6-9-30(22-32)24-42-39(45)35-13-8-20-41-25-35/h3,6-13,16-20,22-23,25,28,36-38,40,44H,1,4-5,14-15,21,24,26-27H2,2H3,(H,42,45)/t28-,37+,38+,40+/m1/s1. The first-order chi connectivity index (χ1) is 23.0. The van der Waals surface area contributed by atoms with Gasteiger partial charge in [0.15, 0.2) is 6.29 Å². The first-order valence-corrected chi connectivity index (χ1v) is 16.8. The Morgan fingerprint density at radius 1 is 0.957 bits per heavy atom. The number of nitrogens with zero attached hydrogens (tertiary/aromatic N) is 2. The van der Waals surface area contributed by atoms with E-state index >= 15 is 0 Å². The Balaban J connectivity index is 1.24. The van der Waals surface area contributed by atoms with Crippen LogP contribution in [-0.2, 0) is 22.6 Å². The van der Waals surface area contributed by atoms with Crippen LogP contribution in [0.25, 0.3) is 11.1 Å². The number of rotatable bonds is 12. The minimum absolute atomic E-state index is 0.0124. The number of hydrogen-bond donors (Lipinski definition) is 2. The second-order valence-corrected chi connectivity index (χ2v) is 12.8. The van der Waals surface area contributed by atoms with Gasteiger partial charge in [0.2, 0.25) is 0 Å². The van der Waals surface area contributed by atoms with Crippen LogP contribution in [0.2, 0.25) is 0 Å². The van der Waals surface area contributed by atoms with Gasteiger partial charge in [0.05, 0.1) is 24.4 Å². The molecular weight excluding hydrogens is 586 g/mol. The fraction of sp³-hybridized carbons (Fsp3) is 0.350. The van der Waals surface area contributed by atoms with Gasteiger partial charge in [0.1, 0.15) is 0 Å². The molecule has 1 aliphatic heterocycles. The molecule has 6 rings (SSSR count). The Bertz CT molecular complexity index is 1620. The quantitative estimate of drug-likeness (QED) is 0.159. The third-order valence-electron chi connectivity index (χ3n) is 9.54. The number of carbonyl (C=O) groups is 1.